The van der Waals surface area contributed by atoms with E-state index in [4.69, 9.17) is 0 Å². The van der Waals surface area contributed by atoms with E-state index in [2.05, 4.69) is 49.4 Å². The summed E-state index contributed by atoms with van der Waals surface area (Å²) in [6.07, 6.45) is 0. The molecule has 0 fully saturated rings. The predicted molar refractivity (Wildman–Crippen MR) is 168 cm³/mol. The molecule has 0 bridgehead atoms. The van der Waals surface area contributed by atoms with Gasteiger partial charge in [-0.05, 0) is 64.6 Å². The summed E-state index contributed by atoms with van der Waals surface area (Å²) < 4.78 is 30.6. The van der Waals surface area contributed by atoms with Crippen LogP contribution in [0.1, 0.15) is 40.8 Å². The maximum atomic E-state index is 14.5. The van der Waals surface area contributed by atoms with Crippen molar-refractivity contribution in [3.63, 3.8) is 0 Å². The Morgan fingerprint density at radius 2 is 1.17 bits per heavy atom. The fourth-order valence-corrected chi connectivity index (χ4v) is 7.84. The molecule has 1 unspecified atom stereocenters. The van der Waals surface area contributed by atoms with Gasteiger partial charge < -0.3 is 0 Å². The number of nitrogens with zero attached hydrogens (tertiary/aromatic N) is 1. The lowest BCUT2D eigenvalue weighted by molar-refractivity contribution is 0.586. The highest BCUT2D eigenvalue weighted by Crippen LogP contribution is 2.54. The van der Waals surface area contributed by atoms with Gasteiger partial charge in [-0.15, -0.1) is 0 Å². The molecule has 1 atom stereocenters. The van der Waals surface area contributed by atoms with Crippen molar-refractivity contribution < 1.29 is 8.42 Å². The van der Waals surface area contributed by atoms with E-state index in [1.807, 2.05) is 85.8 Å². The lowest BCUT2D eigenvalue weighted by atomic mass is 9.90. The Hall–Kier alpha value is -4.67. The molecule has 4 heteroatoms. The van der Waals surface area contributed by atoms with E-state index in [-0.39, 0.29) is 10.8 Å². The van der Waals surface area contributed by atoms with E-state index >= 15 is 0 Å². The summed E-state index contributed by atoms with van der Waals surface area (Å²) in [6.45, 7) is 4.10. The standard InChI is InChI=1S/C37H29NO2S/c1-25-18-21-31(22-19-25)41(39,40)38-33-23-20-30(27-12-6-3-7-13-27)24-32(33)36-35(29-16-10-5-11-17-29)34(26(2)37(36)38)28-14-8-4-9-15-28/h3-24,26H,1-2H3. The number of fused-ring (bicyclic) bond motifs is 3. The zero-order chi connectivity index (χ0) is 28.1. The Balaban J connectivity index is 1.61. The largest absolute Gasteiger partial charge is 0.268 e. The second-order valence-corrected chi connectivity index (χ2v) is 12.5. The molecule has 0 amide bonds. The van der Waals surface area contributed by atoms with Gasteiger partial charge in [-0.25, -0.2) is 12.4 Å². The molecule has 0 saturated carbocycles. The fourth-order valence-electron chi connectivity index (χ4n) is 6.23. The smallest absolute Gasteiger partial charge is 0.237 e. The molecule has 0 N–H and O–H groups in total. The minimum absolute atomic E-state index is 0.157. The Kier molecular flexibility index (Phi) is 6.02. The molecule has 0 radical (unpaired) electrons. The summed E-state index contributed by atoms with van der Waals surface area (Å²) in [5, 5.41) is 0.939. The second kappa shape index (κ2) is 9.76. The normalized spacial score (nSPS) is 14.9. The van der Waals surface area contributed by atoms with E-state index < -0.39 is 10.0 Å². The van der Waals surface area contributed by atoms with Crippen molar-refractivity contribution in [2.24, 2.45) is 0 Å². The van der Waals surface area contributed by atoms with E-state index in [0.717, 1.165) is 55.6 Å². The average Bonchev–Trinajstić information content (AvgIpc) is 3.51. The molecule has 1 aliphatic rings. The molecule has 7 rings (SSSR count). The quantitative estimate of drug-likeness (QED) is 0.215. The molecular weight excluding hydrogens is 522 g/mol. The molecule has 6 aromatic rings. The molecule has 5 aromatic carbocycles. The van der Waals surface area contributed by atoms with Crippen molar-refractivity contribution in [1.29, 1.82) is 0 Å². The Bertz CT molecular complexity index is 2040. The van der Waals surface area contributed by atoms with E-state index in [0.29, 0.717) is 5.52 Å². The number of hydrogen-bond acceptors (Lipinski definition) is 2. The Labute approximate surface area is 241 Å². The molecule has 41 heavy (non-hydrogen) atoms. The van der Waals surface area contributed by atoms with Gasteiger partial charge in [-0.1, -0.05) is 122 Å². The topological polar surface area (TPSA) is 39.1 Å². The molecule has 0 saturated heterocycles. The lowest BCUT2D eigenvalue weighted by Crippen LogP contribution is -2.17. The highest BCUT2D eigenvalue weighted by molar-refractivity contribution is 7.90. The number of allylic oxidation sites excluding steroid dienone is 1. The third kappa shape index (κ3) is 4.06. The highest BCUT2D eigenvalue weighted by atomic mass is 32.2. The van der Waals surface area contributed by atoms with Crippen LogP contribution in [0.4, 0.5) is 0 Å². The number of aromatic nitrogens is 1. The van der Waals surface area contributed by atoms with Crippen molar-refractivity contribution in [1.82, 2.24) is 3.97 Å². The van der Waals surface area contributed by atoms with Crippen LogP contribution in [-0.2, 0) is 10.0 Å². The first-order valence-corrected chi connectivity index (χ1v) is 15.3. The van der Waals surface area contributed by atoms with Crippen LogP contribution >= 0.6 is 0 Å². The monoisotopic (exact) mass is 551 g/mol. The van der Waals surface area contributed by atoms with Gasteiger partial charge in [-0.3, -0.25) is 0 Å². The third-order valence-electron chi connectivity index (χ3n) is 8.14. The van der Waals surface area contributed by atoms with Crippen molar-refractivity contribution in [2.75, 3.05) is 0 Å². The fraction of sp³-hybridized carbons (Fsp3) is 0.0811. The van der Waals surface area contributed by atoms with Gasteiger partial charge in [0.25, 0.3) is 10.0 Å². The molecule has 0 spiro atoms. The van der Waals surface area contributed by atoms with Crippen molar-refractivity contribution >= 4 is 32.1 Å². The minimum atomic E-state index is -3.90. The number of aryl methyl sites for hydroxylation is 1. The van der Waals surface area contributed by atoms with Crippen LogP contribution in [0.3, 0.4) is 0 Å². The van der Waals surface area contributed by atoms with Crippen LogP contribution in [-0.4, -0.2) is 12.4 Å². The van der Waals surface area contributed by atoms with Gasteiger partial charge >= 0.3 is 0 Å². The van der Waals surface area contributed by atoms with Crippen LogP contribution in [0.5, 0.6) is 0 Å². The Morgan fingerprint density at radius 1 is 0.610 bits per heavy atom. The highest BCUT2D eigenvalue weighted by Gasteiger charge is 2.39. The van der Waals surface area contributed by atoms with E-state index in [1.54, 1.807) is 16.1 Å². The van der Waals surface area contributed by atoms with Gasteiger partial charge in [0.2, 0.25) is 0 Å². The Morgan fingerprint density at radius 3 is 1.78 bits per heavy atom. The van der Waals surface area contributed by atoms with E-state index in [1.165, 1.54) is 0 Å². The second-order valence-electron chi connectivity index (χ2n) is 10.7. The van der Waals surface area contributed by atoms with Crippen LogP contribution in [0.2, 0.25) is 0 Å². The lowest BCUT2D eigenvalue weighted by Gasteiger charge is -2.18. The van der Waals surface area contributed by atoms with Gasteiger partial charge in [0.15, 0.2) is 0 Å². The maximum Gasteiger partial charge on any atom is 0.268 e. The first-order chi connectivity index (χ1) is 19.9. The number of hydrogen-bond donors (Lipinski definition) is 0. The molecular formula is C37H29NO2S. The molecule has 1 aromatic heterocycles. The summed E-state index contributed by atoms with van der Waals surface area (Å²) in [5.74, 6) is -0.157. The van der Waals surface area contributed by atoms with Crippen LogP contribution in [0.25, 0.3) is 33.2 Å². The van der Waals surface area contributed by atoms with Crippen molar-refractivity contribution in [3.8, 4) is 11.1 Å². The van der Waals surface area contributed by atoms with Crippen molar-refractivity contribution in [3.05, 3.63) is 161 Å². The zero-order valence-electron chi connectivity index (χ0n) is 23.0. The van der Waals surface area contributed by atoms with Gasteiger partial charge in [0, 0.05) is 16.9 Å². The van der Waals surface area contributed by atoms with Crippen molar-refractivity contribution in [2.45, 2.75) is 24.7 Å². The van der Waals surface area contributed by atoms with Crippen LogP contribution < -0.4 is 0 Å². The maximum absolute atomic E-state index is 14.5. The molecule has 0 aliphatic heterocycles. The van der Waals surface area contributed by atoms with Gasteiger partial charge in [0.1, 0.15) is 0 Å². The third-order valence-corrected chi connectivity index (χ3v) is 9.88. The number of benzene rings is 5. The SMILES string of the molecule is Cc1ccc(S(=O)(=O)n2c3c(c4cc(-c5ccccc5)ccc42)C(c2ccccc2)=C(c2ccccc2)C3C)cc1. The first-order valence-electron chi connectivity index (χ1n) is 13.9. The minimum Gasteiger partial charge on any atom is -0.237 e. The summed E-state index contributed by atoms with van der Waals surface area (Å²) in [4.78, 5) is 0.288. The first kappa shape index (κ1) is 25.3. The van der Waals surface area contributed by atoms with Gasteiger partial charge in [-0.2, -0.15) is 0 Å². The molecule has 1 aliphatic carbocycles. The number of rotatable bonds is 5. The predicted octanol–water partition coefficient (Wildman–Crippen LogP) is 8.93. The summed E-state index contributed by atoms with van der Waals surface area (Å²) in [5.41, 5.74) is 10.1. The average molecular weight is 552 g/mol. The molecule has 3 nitrogen and oxygen atoms in total. The van der Waals surface area contributed by atoms with Crippen LogP contribution in [0.15, 0.2) is 138 Å². The molecule has 200 valence electrons. The van der Waals surface area contributed by atoms with Gasteiger partial charge in [0.05, 0.1) is 16.1 Å². The summed E-state index contributed by atoms with van der Waals surface area (Å²) in [7, 11) is -3.90. The zero-order valence-corrected chi connectivity index (χ0v) is 23.8. The van der Waals surface area contributed by atoms with Crippen LogP contribution in [0, 0.1) is 6.92 Å². The van der Waals surface area contributed by atoms with E-state index in [9.17, 15) is 8.42 Å². The summed E-state index contributed by atoms with van der Waals surface area (Å²) >= 11 is 0. The molecule has 1 heterocycles. The summed E-state index contributed by atoms with van der Waals surface area (Å²) in [6, 6.07) is 44.3.